The number of hydrogen-bond acceptors (Lipinski definition) is 4. The van der Waals surface area contributed by atoms with E-state index in [9.17, 15) is 9.59 Å². The quantitative estimate of drug-likeness (QED) is 0.425. The topological polar surface area (TPSA) is 77.2 Å². The highest BCUT2D eigenvalue weighted by Gasteiger charge is 2.39. The SMILES string of the molecule is CC1(C)CC(NC(=O)[C@H]2CCCN(c3c(-c4ccccc4)c4cc(Cl)ccc4[nH]c3=O)C2)CC(C)(C)N1. The summed E-state index contributed by atoms with van der Waals surface area (Å²) >= 11 is 6.39. The molecule has 3 aromatic rings. The van der Waals surface area contributed by atoms with Crippen molar-refractivity contribution < 1.29 is 4.79 Å². The summed E-state index contributed by atoms with van der Waals surface area (Å²) in [6.07, 6.45) is 3.45. The molecular formula is C30H37ClN4O2. The first kappa shape index (κ1) is 25.8. The van der Waals surface area contributed by atoms with Gasteiger partial charge in [0.2, 0.25) is 5.91 Å². The second kappa shape index (κ2) is 9.80. The Kier molecular flexibility index (Phi) is 6.84. The van der Waals surface area contributed by atoms with Crippen molar-refractivity contribution in [2.45, 2.75) is 70.5 Å². The molecule has 1 amide bonds. The third kappa shape index (κ3) is 5.55. The maximum atomic E-state index is 13.5. The Morgan fingerprint density at radius 3 is 2.46 bits per heavy atom. The van der Waals surface area contributed by atoms with Gasteiger partial charge in [-0.3, -0.25) is 9.59 Å². The van der Waals surface area contributed by atoms with Crippen molar-refractivity contribution >= 4 is 34.1 Å². The van der Waals surface area contributed by atoms with Crippen LogP contribution in [-0.2, 0) is 4.79 Å². The Morgan fingerprint density at radius 1 is 1.05 bits per heavy atom. The molecular weight excluding hydrogens is 484 g/mol. The Balaban J connectivity index is 1.46. The van der Waals surface area contributed by atoms with Gasteiger partial charge in [0.15, 0.2) is 0 Å². The first-order valence-electron chi connectivity index (χ1n) is 13.3. The minimum Gasteiger partial charge on any atom is -0.366 e. The number of nitrogens with one attached hydrogen (secondary N) is 3. The molecule has 37 heavy (non-hydrogen) atoms. The lowest BCUT2D eigenvalue weighted by molar-refractivity contribution is -0.126. The van der Waals surface area contributed by atoms with Crippen LogP contribution >= 0.6 is 11.6 Å². The molecule has 7 heteroatoms. The largest absolute Gasteiger partial charge is 0.366 e. The monoisotopic (exact) mass is 520 g/mol. The third-order valence-corrected chi connectivity index (χ3v) is 7.89. The van der Waals surface area contributed by atoms with Gasteiger partial charge in [-0.1, -0.05) is 41.9 Å². The first-order chi connectivity index (χ1) is 17.5. The number of piperidine rings is 2. The third-order valence-electron chi connectivity index (χ3n) is 7.66. The zero-order valence-electron chi connectivity index (χ0n) is 22.2. The summed E-state index contributed by atoms with van der Waals surface area (Å²) in [7, 11) is 0. The molecule has 5 rings (SSSR count). The van der Waals surface area contributed by atoms with Gasteiger partial charge < -0.3 is 20.5 Å². The fraction of sp³-hybridized carbons (Fsp3) is 0.467. The van der Waals surface area contributed by atoms with Crippen LogP contribution in [0.5, 0.6) is 0 Å². The average Bonchev–Trinajstić information content (AvgIpc) is 2.82. The number of carbonyl (C=O) groups excluding carboxylic acids is 1. The highest BCUT2D eigenvalue weighted by molar-refractivity contribution is 6.31. The number of halogens is 1. The van der Waals surface area contributed by atoms with Crippen molar-refractivity contribution in [2.75, 3.05) is 18.0 Å². The van der Waals surface area contributed by atoms with Gasteiger partial charge in [0.25, 0.3) is 5.56 Å². The van der Waals surface area contributed by atoms with Gasteiger partial charge >= 0.3 is 0 Å². The molecule has 0 spiro atoms. The molecule has 2 aliphatic heterocycles. The van der Waals surface area contributed by atoms with Crippen molar-refractivity contribution in [2.24, 2.45) is 5.92 Å². The Hall–Kier alpha value is -2.83. The lowest BCUT2D eigenvalue weighted by atomic mass is 9.79. The zero-order chi connectivity index (χ0) is 26.4. The van der Waals surface area contributed by atoms with E-state index in [1.807, 2.05) is 42.5 Å². The number of H-pyrrole nitrogens is 1. The number of carbonyl (C=O) groups is 1. The van der Waals surface area contributed by atoms with E-state index in [-0.39, 0.29) is 34.5 Å². The number of amides is 1. The van der Waals surface area contributed by atoms with Crippen LogP contribution in [0, 0.1) is 5.92 Å². The molecule has 0 saturated carbocycles. The molecule has 6 nitrogen and oxygen atoms in total. The molecule has 0 unspecified atom stereocenters. The number of rotatable bonds is 4. The van der Waals surface area contributed by atoms with Crippen molar-refractivity contribution in [1.82, 2.24) is 15.6 Å². The van der Waals surface area contributed by atoms with E-state index in [0.717, 1.165) is 54.3 Å². The van der Waals surface area contributed by atoms with Crippen LogP contribution in [0.25, 0.3) is 22.0 Å². The summed E-state index contributed by atoms with van der Waals surface area (Å²) in [6.45, 7) is 10.0. The molecule has 2 saturated heterocycles. The van der Waals surface area contributed by atoms with E-state index in [0.29, 0.717) is 17.3 Å². The first-order valence-corrected chi connectivity index (χ1v) is 13.6. The normalized spacial score (nSPS) is 21.6. The predicted octanol–water partition coefficient (Wildman–Crippen LogP) is 5.49. The van der Waals surface area contributed by atoms with E-state index >= 15 is 0 Å². The van der Waals surface area contributed by atoms with E-state index in [2.05, 4.69) is 48.2 Å². The summed E-state index contributed by atoms with van der Waals surface area (Å²) in [6, 6.07) is 15.6. The van der Waals surface area contributed by atoms with E-state index in [1.165, 1.54) is 0 Å². The van der Waals surface area contributed by atoms with Crippen molar-refractivity contribution in [3.63, 3.8) is 0 Å². The summed E-state index contributed by atoms with van der Waals surface area (Å²) in [4.78, 5) is 32.2. The Labute approximate surface area is 223 Å². The number of nitrogens with zero attached hydrogens (tertiary/aromatic N) is 1. The summed E-state index contributed by atoms with van der Waals surface area (Å²) in [5.41, 5.74) is 2.97. The smallest absolute Gasteiger partial charge is 0.272 e. The molecule has 3 N–H and O–H groups in total. The minimum atomic E-state index is -0.173. The molecule has 2 aliphatic rings. The summed E-state index contributed by atoms with van der Waals surface area (Å²) in [5, 5.41) is 8.56. The molecule has 2 fully saturated rings. The van der Waals surface area contributed by atoms with Crippen LogP contribution in [0.15, 0.2) is 53.3 Å². The van der Waals surface area contributed by atoms with Crippen LogP contribution < -0.4 is 21.1 Å². The molecule has 2 aromatic carbocycles. The number of fused-ring (bicyclic) bond motifs is 1. The van der Waals surface area contributed by atoms with Gasteiger partial charge in [0.05, 0.1) is 5.92 Å². The molecule has 0 aliphatic carbocycles. The zero-order valence-corrected chi connectivity index (χ0v) is 22.9. The fourth-order valence-electron chi connectivity index (χ4n) is 6.59. The van der Waals surface area contributed by atoms with Gasteiger partial charge in [0, 0.05) is 51.7 Å². The molecule has 3 heterocycles. The average molecular weight is 521 g/mol. The van der Waals surface area contributed by atoms with Crippen LogP contribution in [0.1, 0.15) is 53.4 Å². The number of aromatic amines is 1. The molecule has 0 bridgehead atoms. The number of aromatic nitrogens is 1. The van der Waals surface area contributed by atoms with Crippen molar-refractivity contribution in [3.05, 3.63) is 63.9 Å². The predicted molar refractivity (Wildman–Crippen MR) is 152 cm³/mol. The van der Waals surface area contributed by atoms with Gasteiger partial charge in [-0.15, -0.1) is 0 Å². The maximum Gasteiger partial charge on any atom is 0.272 e. The molecule has 1 atom stereocenters. The second-order valence-corrected chi connectivity index (χ2v) is 12.5. The van der Waals surface area contributed by atoms with Crippen LogP contribution in [-0.4, -0.2) is 41.1 Å². The van der Waals surface area contributed by atoms with E-state index < -0.39 is 0 Å². The van der Waals surface area contributed by atoms with Gasteiger partial charge in [0.1, 0.15) is 5.69 Å². The molecule has 0 radical (unpaired) electrons. The van der Waals surface area contributed by atoms with Crippen molar-refractivity contribution in [3.8, 4) is 11.1 Å². The summed E-state index contributed by atoms with van der Waals surface area (Å²) < 4.78 is 0. The Bertz CT molecular complexity index is 1350. The van der Waals surface area contributed by atoms with Gasteiger partial charge in [-0.05, 0) is 77.1 Å². The standard InChI is InChI=1S/C30H37ClN4O2/c1-29(2)16-22(17-30(3,4)34-29)32-27(36)20-11-8-14-35(18-20)26-25(19-9-6-5-7-10-19)23-15-21(31)12-13-24(23)33-28(26)37/h5-7,9-10,12-13,15,20,22,34H,8,11,14,16-18H2,1-4H3,(H,32,36)(H,33,37)/t20-/m0/s1. The van der Waals surface area contributed by atoms with E-state index in [1.54, 1.807) is 6.07 Å². The minimum absolute atomic E-state index is 0.0391. The van der Waals surface area contributed by atoms with Crippen LogP contribution in [0.3, 0.4) is 0 Å². The number of anilines is 1. The van der Waals surface area contributed by atoms with Crippen molar-refractivity contribution in [1.29, 1.82) is 0 Å². The highest BCUT2D eigenvalue weighted by Crippen LogP contribution is 2.37. The van der Waals surface area contributed by atoms with Crippen LogP contribution in [0.4, 0.5) is 5.69 Å². The van der Waals surface area contributed by atoms with Gasteiger partial charge in [-0.25, -0.2) is 0 Å². The van der Waals surface area contributed by atoms with Gasteiger partial charge in [-0.2, -0.15) is 0 Å². The lowest BCUT2D eigenvalue weighted by Gasteiger charge is -2.47. The molecule has 196 valence electrons. The Morgan fingerprint density at radius 2 is 1.76 bits per heavy atom. The molecule has 1 aromatic heterocycles. The summed E-state index contributed by atoms with van der Waals surface area (Å²) in [5.74, 6) is -0.0855. The highest BCUT2D eigenvalue weighted by atomic mass is 35.5. The fourth-order valence-corrected chi connectivity index (χ4v) is 6.76. The number of hydrogen-bond donors (Lipinski definition) is 3. The van der Waals surface area contributed by atoms with Crippen LogP contribution in [0.2, 0.25) is 5.02 Å². The lowest BCUT2D eigenvalue weighted by Crippen LogP contribution is -2.62. The number of pyridine rings is 1. The maximum absolute atomic E-state index is 13.5. The van der Waals surface area contributed by atoms with E-state index in [4.69, 9.17) is 11.6 Å². The number of benzene rings is 2. The second-order valence-electron chi connectivity index (χ2n) is 12.0.